The van der Waals surface area contributed by atoms with E-state index in [-0.39, 0.29) is 0 Å². The van der Waals surface area contributed by atoms with Crippen LogP contribution in [0, 0.1) is 5.92 Å². The predicted molar refractivity (Wildman–Crippen MR) is 79.8 cm³/mol. The molecule has 0 saturated heterocycles. The molecule has 2 atom stereocenters. The SMILES string of the molecule is O[C@]12CCCC[C@H]1CCCC/C2=C\c1ccccc1. The summed E-state index contributed by atoms with van der Waals surface area (Å²) in [4.78, 5) is 0. The number of hydrogen-bond donors (Lipinski definition) is 1. The molecule has 0 bridgehead atoms. The van der Waals surface area contributed by atoms with Gasteiger partial charge in [-0.3, -0.25) is 0 Å². The van der Waals surface area contributed by atoms with Crippen LogP contribution >= 0.6 is 0 Å². The summed E-state index contributed by atoms with van der Waals surface area (Å²) in [7, 11) is 0. The van der Waals surface area contributed by atoms with Crippen molar-refractivity contribution >= 4 is 6.08 Å². The van der Waals surface area contributed by atoms with Gasteiger partial charge in [-0.25, -0.2) is 0 Å². The van der Waals surface area contributed by atoms with Crippen molar-refractivity contribution in [2.24, 2.45) is 5.92 Å². The highest BCUT2D eigenvalue weighted by atomic mass is 16.3. The largest absolute Gasteiger partial charge is 0.385 e. The summed E-state index contributed by atoms with van der Waals surface area (Å²) in [6.07, 6.45) is 11.7. The molecule has 1 N–H and O–H groups in total. The molecule has 0 amide bonds. The van der Waals surface area contributed by atoms with Crippen LogP contribution in [0.15, 0.2) is 35.9 Å². The Kier molecular flexibility index (Phi) is 3.74. The molecule has 102 valence electrons. The van der Waals surface area contributed by atoms with Crippen molar-refractivity contribution in [3.8, 4) is 0 Å². The van der Waals surface area contributed by atoms with Crippen molar-refractivity contribution in [1.29, 1.82) is 0 Å². The van der Waals surface area contributed by atoms with Crippen LogP contribution in [0.3, 0.4) is 0 Å². The Morgan fingerprint density at radius 3 is 2.53 bits per heavy atom. The number of aliphatic hydroxyl groups is 1. The van der Waals surface area contributed by atoms with Crippen LogP contribution in [0.25, 0.3) is 6.08 Å². The van der Waals surface area contributed by atoms with Gasteiger partial charge in [0.2, 0.25) is 0 Å². The van der Waals surface area contributed by atoms with E-state index in [1.807, 2.05) is 6.07 Å². The Morgan fingerprint density at radius 2 is 1.74 bits per heavy atom. The van der Waals surface area contributed by atoms with Crippen molar-refractivity contribution in [3.05, 3.63) is 41.5 Å². The first-order valence-corrected chi connectivity index (χ1v) is 7.77. The summed E-state index contributed by atoms with van der Waals surface area (Å²) in [5, 5.41) is 11.2. The number of rotatable bonds is 1. The predicted octanol–water partition coefficient (Wildman–Crippen LogP) is 4.57. The Hall–Kier alpha value is -1.08. The van der Waals surface area contributed by atoms with Gasteiger partial charge < -0.3 is 5.11 Å². The highest BCUT2D eigenvalue weighted by Crippen LogP contribution is 2.46. The lowest BCUT2D eigenvalue weighted by molar-refractivity contribution is -0.0158. The lowest BCUT2D eigenvalue weighted by Crippen LogP contribution is -2.41. The van der Waals surface area contributed by atoms with Crippen LogP contribution < -0.4 is 0 Å². The molecule has 0 spiro atoms. The van der Waals surface area contributed by atoms with Crippen molar-refractivity contribution in [3.63, 3.8) is 0 Å². The molecule has 0 unspecified atom stereocenters. The fraction of sp³-hybridized carbons (Fsp3) is 0.556. The molecule has 1 aromatic rings. The molecule has 0 radical (unpaired) electrons. The minimum absolute atomic E-state index is 0.499. The first kappa shape index (κ1) is 12.9. The Bertz CT molecular complexity index is 448. The molecule has 2 aliphatic rings. The Labute approximate surface area is 116 Å². The first-order chi connectivity index (χ1) is 9.29. The second-order valence-electron chi connectivity index (χ2n) is 6.19. The average Bonchev–Trinajstić information content (AvgIpc) is 2.60. The van der Waals surface area contributed by atoms with Crippen LogP contribution in [-0.2, 0) is 0 Å². The molecule has 2 fully saturated rings. The van der Waals surface area contributed by atoms with Crippen molar-refractivity contribution in [2.75, 3.05) is 0 Å². The van der Waals surface area contributed by atoms with E-state index in [0.717, 1.165) is 12.8 Å². The molecule has 2 aliphatic carbocycles. The van der Waals surface area contributed by atoms with Gasteiger partial charge in [-0.2, -0.15) is 0 Å². The number of hydrogen-bond acceptors (Lipinski definition) is 1. The third-order valence-corrected chi connectivity index (χ3v) is 4.98. The smallest absolute Gasteiger partial charge is 0.0888 e. The Balaban J connectivity index is 1.95. The van der Waals surface area contributed by atoms with Crippen molar-refractivity contribution < 1.29 is 5.11 Å². The highest BCUT2D eigenvalue weighted by Gasteiger charge is 2.42. The van der Waals surface area contributed by atoms with Gasteiger partial charge >= 0.3 is 0 Å². The van der Waals surface area contributed by atoms with Gasteiger partial charge in [0.05, 0.1) is 5.60 Å². The maximum atomic E-state index is 11.2. The van der Waals surface area contributed by atoms with Crippen molar-refractivity contribution in [1.82, 2.24) is 0 Å². The van der Waals surface area contributed by atoms with Crippen LogP contribution in [0.5, 0.6) is 0 Å². The summed E-state index contributed by atoms with van der Waals surface area (Å²) < 4.78 is 0. The fourth-order valence-electron chi connectivity index (χ4n) is 3.90. The summed E-state index contributed by atoms with van der Waals surface area (Å²) in [6, 6.07) is 10.5. The second kappa shape index (κ2) is 5.50. The highest BCUT2D eigenvalue weighted by molar-refractivity contribution is 5.55. The summed E-state index contributed by atoms with van der Waals surface area (Å²) in [6.45, 7) is 0. The molecule has 0 aromatic heterocycles. The molecular formula is C18H24O. The maximum Gasteiger partial charge on any atom is 0.0888 e. The van der Waals surface area contributed by atoms with Gasteiger partial charge in [0, 0.05) is 0 Å². The zero-order valence-corrected chi connectivity index (χ0v) is 11.6. The van der Waals surface area contributed by atoms with Gasteiger partial charge in [0.1, 0.15) is 0 Å². The van der Waals surface area contributed by atoms with E-state index in [4.69, 9.17) is 0 Å². The molecule has 1 heteroatoms. The molecule has 2 saturated carbocycles. The molecule has 0 aliphatic heterocycles. The van der Waals surface area contributed by atoms with Gasteiger partial charge in [-0.05, 0) is 49.2 Å². The van der Waals surface area contributed by atoms with E-state index in [1.54, 1.807) is 0 Å². The summed E-state index contributed by atoms with van der Waals surface area (Å²) in [5.74, 6) is 0.499. The zero-order chi connectivity index (χ0) is 13.1. The lowest BCUT2D eigenvalue weighted by Gasteiger charge is -2.41. The van der Waals surface area contributed by atoms with Crippen LogP contribution in [0.1, 0.15) is 56.9 Å². The van der Waals surface area contributed by atoms with E-state index >= 15 is 0 Å². The number of fused-ring (bicyclic) bond motifs is 1. The maximum absolute atomic E-state index is 11.2. The van der Waals surface area contributed by atoms with Gasteiger partial charge in [0.25, 0.3) is 0 Å². The quantitative estimate of drug-likeness (QED) is 0.780. The second-order valence-corrected chi connectivity index (χ2v) is 6.19. The standard InChI is InChI=1S/C18H24O/c19-18-13-7-6-11-16(18)10-4-5-12-17(18)14-15-8-2-1-3-9-15/h1-3,8-9,14,16,19H,4-7,10-13H2/b17-14+/t16-,18-/m1/s1. The molecule has 1 aromatic carbocycles. The minimum Gasteiger partial charge on any atom is -0.385 e. The van der Waals surface area contributed by atoms with E-state index < -0.39 is 5.60 Å². The van der Waals surface area contributed by atoms with E-state index in [9.17, 15) is 5.11 Å². The fourth-order valence-corrected chi connectivity index (χ4v) is 3.90. The molecule has 3 rings (SSSR count). The summed E-state index contributed by atoms with van der Waals surface area (Å²) >= 11 is 0. The van der Waals surface area contributed by atoms with Crippen LogP contribution in [-0.4, -0.2) is 10.7 Å². The average molecular weight is 256 g/mol. The zero-order valence-electron chi connectivity index (χ0n) is 11.6. The van der Waals surface area contributed by atoms with Crippen molar-refractivity contribution in [2.45, 2.75) is 57.0 Å². The molecule has 19 heavy (non-hydrogen) atoms. The van der Waals surface area contributed by atoms with E-state index in [0.29, 0.717) is 5.92 Å². The monoisotopic (exact) mass is 256 g/mol. The third-order valence-electron chi connectivity index (χ3n) is 4.98. The summed E-state index contributed by atoms with van der Waals surface area (Å²) in [5.41, 5.74) is 2.02. The first-order valence-electron chi connectivity index (χ1n) is 7.77. The van der Waals surface area contributed by atoms with E-state index in [2.05, 4.69) is 30.3 Å². The molecular weight excluding hydrogens is 232 g/mol. The normalized spacial score (nSPS) is 33.7. The molecule has 0 heterocycles. The van der Waals surface area contributed by atoms with Crippen LogP contribution in [0.2, 0.25) is 0 Å². The van der Waals surface area contributed by atoms with Crippen LogP contribution in [0.4, 0.5) is 0 Å². The third kappa shape index (κ3) is 2.62. The number of benzene rings is 1. The van der Waals surface area contributed by atoms with E-state index in [1.165, 1.54) is 49.7 Å². The van der Waals surface area contributed by atoms with Gasteiger partial charge in [-0.15, -0.1) is 0 Å². The van der Waals surface area contributed by atoms with Gasteiger partial charge in [-0.1, -0.05) is 55.7 Å². The molecule has 1 nitrogen and oxygen atoms in total. The lowest BCUT2D eigenvalue weighted by atomic mass is 9.70. The van der Waals surface area contributed by atoms with Gasteiger partial charge in [0.15, 0.2) is 0 Å². The topological polar surface area (TPSA) is 20.2 Å². The Morgan fingerprint density at radius 1 is 1.00 bits per heavy atom. The minimum atomic E-state index is -0.509.